The van der Waals surface area contributed by atoms with Gasteiger partial charge in [-0.05, 0) is 59.4 Å². The molecule has 4 nitrogen and oxygen atoms in total. The molecule has 8 heteroatoms. The molecule has 31 heavy (non-hydrogen) atoms. The third kappa shape index (κ3) is 3.95. The number of nitrogens with zero attached hydrogens (tertiary/aromatic N) is 2. The average Bonchev–Trinajstić information content (AvgIpc) is 3.01. The lowest BCUT2D eigenvalue weighted by molar-refractivity contribution is -0.137. The molecular formula is C23H17BrF3N3O. The normalized spacial score (nSPS) is 11.7. The molecule has 0 aliphatic heterocycles. The van der Waals surface area contributed by atoms with E-state index < -0.39 is 17.6 Å². The molecule has 0 aliphatic carbocycles. The van der Waals surface area contributed by atoms with Crippen LogP contribution in [0.2, 0.25) is 0 Å². The number of aryl methyl sites for hydroxylation is 1. The minimum absolute atomic E-state index is 0.0179. The highest BCUT2D eigenvalue weighted by atomic mass is 79.9. The van der Waals surface area contributed by atoms with Gasteiger partial charge in [0.25, 0.3) is 5.91 Å². The van der Waals surface area contributed by atoms with Crippen LogP contribution >= 0.6 is 15.9 Å². The molecule has 2 heterocycles. The summed E-state index contributed by atoms with van der Waals surface area (Å²) in [7, 11) is 0. The van der Waals surface area contributed by atoms with Crippen LogP contribution in [-0.2, 0) is 6.18 Å². The Bertz CT molecular complexity index is 1310. The second-order valence-corrected chi connectivity index (χ2v) is 7.86. The predicted octanol–water partition coefficient (Wildman–Crippen LogP) is 6.68. The van der Waals surface area contributed by atoms with E-state index in [0.29, 0.717) is 21.8 Å². The largest absolute Gasteiger partial charge is 0.418 e. The Morgan fingerprint density at radius 1 is 1.03 bits per heavy atom. The zero-order valence-corrected chi connectivity index (χ0v) is 18.2. The second kappa shape index (κ2) is 7.85. The summed E-state index contributed by atoms with van der Waals surface area (Å²) in [4.78, 5) is 17.3. The summed E-state index contributed by atoms with van der Waals surface area (Å²) in [5, 5.41) is 4.55. The van der Waals surface area contributed by atoms with Gasteiger partial charge in [-0.25, -0.2) is 4.98 Å². The van der Waals surface area contributed by atoms with Gasteiger partial charge < -0.3 is 9.88 Å². The van der Waals surface area contributed by atoms with E-state index in [1.807, 2.05) is 24.3 Å². The number of carbonyl (C=O) groups is 1. The standard InChI is InChI=1S/C23H17BrF3N3O/c1-13-11-17(14(2)30(13)19-10-6-5-9-18(19)23(25,26)27)22(31)29-20-12-15-7-3-4-8-16(15)21(24)28-20/h3-12H,1-2H3,(H,28,29,31). The Morgan fingerprint density at radius 3 is 2.45 bits per heavy atom. The van der Waals surface area contributed by atoms with E-state index in [1.54, 1.807) is 32.0 Å². The van der Waals surface area contributed by atoms with E-state index in [2.05, 4.69) is 26.2 Å². The van der Waals surface area contributed by atoms with Gasteiger partial charge in [-0.1, -0.05) is 36.4 Å². The van der Waals surface area contributed by atoms with Gasteiger partial charge in [0.1, 0.15) is 10.4 Å². The number of rotatable bonds is 3. The van der Waals surface area contributed by atoms with E-state index in [4.69, 9.17) is 0 Å². The molecule has 0 atom stereocenters. The number of fused-ring (bicyclic) bond motifs is 1. The first-order valence-electron chi connectivity index (χ1n) is 9.39. The first kappa shape index (κ1) is 21.1. The van der Waals surface area contributed by atoms with Crippen LogP contribution in [0.25, 0.3) is 16.5 Å². The Kier molecular flexibility index (Phi) is 5.35. The predicted molar refractivity (Wildman–Crippen MR) is 118 cm³/mol. The highest BCUT2D eigenvalue weighted by Gasteiger charge is 2.34. The first-order valence-corrected chi connectivity index (χ1v) is 10.2. The summed E-state index contributed by atoms with van der Waals surface area (Å²) >= 11 is 3.41. The van der Waals surface area contributed by atoms with Crippen LogP contribution < -0.4 is 5.32 Å². The smallest absolute Gasteiger partial charge is 0.317 e. The van der Waals surface area contributed by atoms with Crippen molar-refractivity contribution in [3.8, 4) is 5.69 Å². The van der Waals surface area contributed by atoms with E-state index in [-0.39, 0.29) is 11.3 Å². The lowest BCUT2D eigenvalue weighted by atomic mass is 10.1. The van der Waals surface area contributed by atoms with Crippen LogP contribution in [0.4, 0.5) is 19.0 Å². The van der Waals surface area contributed by atoms with E-state index in [1.165, 1.54) is 16.7 Å². The van der Waals surface area contributed by atoms with Crippen molar-refractivity contribution in [3.05, 3.63) is 87.8 Å². The van der Waals surface area contributed by atoms with Gasteiger partial charge >= 0.3 is 6.18 Å². The summed E-state index contributed by atoms with van der Waals surface area (Å²) in [5.74, 6) is -0.102. The van der Waals surface area contributed by atoms with Crippen LogP contribution in [0.5, 0.6) is 0 Å². The maximum Gasteiger partial charge on any atom is 0.418 e. The highest BCUT2D eigenvalue weighted by Crippen LogP contribution is 2.35. The van der Waals surface area contributed by atoms with Crippen LogP contribution in [0.1, 0.15) is 27.3 Å². The van der Waals surface area contributed by atoms with Crippen molar-refractivity contribution >= 4 is 38.4 Å². The summed E-state index contributed by atoms with van der Waals surface area (Å²) in [6, 6.07) is 16.2. The molecule has 4 rings (SSSR count). The number of hydrogen-bond donors (Lipinski definition) is 1. The molecule has 1 N–H and O–H groups in total. The van der Waals surface area contributed by atoms with Gasteiger partial charge in [0, 0.05) is 16.8 Å². The molecule has 0 aliphatic rings. The second-order valence-electron chi connectivity index (χ2n) is 7.11. The molecule has 0 unspecified atom stereocenters. The Hall–Kier alpha value is -3.13. The van der Waals surface area contributed by atoms with Gasteiger partial charge in [-0.15, -0.1) is 0 Å². The number of nitrogens with one attached hydrogen (secondary N) is 1. The van der Waals surface area contributed by atoms with Gasteiger partial charge in [0.05, 0.1) is 16.8 Å². The quantitative estimate of drug-likeness (QED) is 0.327. The van der Waals surface area contributed by atoms with Gasteiger partial charge in [-0.2, -0.15) is 13.2 Å². The number of para-hydroxylation sites is 1. The highest BCUT2D eigenvalue weighted by molar-refractivity contribution is 9.10. The third-order valence-corrected chi connectivity index (χ3v) is 5.67. The van der Waals surface area contributed by atoms with Crippen molar-refractivity contribution in [2.24, 2.45) is 0 Å². The van der Waals surface area contributed by atoms with Crippen molar-refractivity contribution in [1.29, 1.82) is 0 Å². The number of aromatic nitrogens is 2. The summed E-state index contributed by atoms with van der Waals surface area (Å²) in [5.41, 5.74) is 0.429. The molecule has 158 valence electrons. The summed E-state index contributed by atoms with van der Waals surface area (Å²) in [6.07, 6.45) is -4.51. The lowest BCUT2D eigenvalue weighted by Gasteiger charge is -2.16. The third-order valence-electron chi connectivity index (χ3n) is 5.06. The number of hydrogen-bond acceptors (Lipinski definition) is 2. The minimum atomic E-state index is -4.51. The molecule has 0 radical (unpaired) electrons. The van der Waals surface area contributed by atoms with Crippen molar-refractivity contribution in [3.63, 3.8) is 0 Å². The molecule has 0 saturated heterocycles. The van der Waals surface area contributed by atoms with E-state index in [0.717, 1.165) is 16.8 Å². The van der Waals surface area contributed by atoms with Crippen LogP contribution in [-0.4, -0.2) is 15.5 Å². The molecule has 0 fully saturated rings. The number of pyridine rings is 1. The number of alkyl halides is 3. The number of halogens is 4. The topological polar surface area (TPSA) is 46.9 Å². The minimum Gasteiger partial charge on any atom is -0.317 e. The van der Waals surface area contributed by atoms with Crippen LogP contribution in [0, 0.1) is 13.8 Å². The zero-order chi connectivity index (χ0) is 22.3. The van der Waals surface area contributed by atoms with Gasteiger partial charge in [0.2, 0.25) is 0 Å². The number of carbonyl (C=O) groups excluding carboxylic acids is 1. The van der Waals surface area contributed by atoms with Crippen molar-refractivity contribution in [2.45, 2.75) is 20.0 Å². The maximum absolute atomic E-state index is 13.5. The summed E-state index contributed by atoms with van der Waals surface area (Å²) in [6.45, 7) is 3.29. The van der Waals surface area contributed by atoms with Crippen molar-refractivity contribution in [1.82, 2.24) is 9.55 Å². The van der Waals surface area contributed by atoms with Crippen LogP contribution in [0.3, 0.4) is 0 Å². The molecule has 0 saturated carbocycles. The number of anilines is 1. The average molecular weight is 488 g/mol. The lowest BCUT2D eigenvalue weighted by Crippen LogP contribution is -2.15. The fourth-order valence-corrected chi connectivity index (χ4v) is 4.23. The molecule has 4 aromatic rings. The fraction of sp³-hybridized carbons (Fsp3) is 0.130. The number of benzene rings is 2. The molecule has 1 amide bonds. The molecule has 2 aromatic carbocycles. The van der Waals surface area contributed by atoms with Gasteiger partial charge in [0.15, 0.2) is 0 Å². The maximum atomic E-state index is 13.5. The van der Waals surface area contributed by atoms with E-state index >= 15 is 0 Å². The van der Waals surface area contributed by atoms with Gasteiger partial charge in [-0.3, -0.25) is 4.79 Å². The zero-order valence-electron chi connectivity index (χ0n) is 16.6. The first-order chi connectivity index (χ1) is 14.7. The number of amides is 1. The fourth-order valence-electron chi connectivity index (χ4n) is 3.68. The van der Waals surface area contributed by atoms with Crippen molar-refractivity contribution < 1.29 is 18.0 Å². The summed E-state index contributed by atoms with van der Waals surface area (Å²) < 4.78 is 42.6. The molecule has 0 bridgehead atoms. The van der Waals surface area contributed by atoms with Crippen LogP contribution in [0.15, 0.2) is 65.3 Å². The Morgan fingerprint density at radius 2 is 1.71 bits per heavy atom. The molecule has 0 spiro atoms. The Balaban J connectivity index is 1.73. The Labute approximate surface area is 184 Å². The van der Waals surface area contributed by atoms with Crippen molar-refractivity contribution in [2.75, 3.05) is 5.32 Å². The molecule has 2 aromatic heterocycles. The van der Waals surface area contributed by atoms with E-state index in [9.17, 15) is 18.0 Å². The molecular weight excluding hydrogens is 471 g/mol. The monoisotopic (exact) mass is 487 g/mol. The SMILES string of the molecule is Cc1cc(C(=O)Nc2cc3ccccc3c(Br)n2)c(C)n1-c1ccccc1C(F)(F)F.